The molecule has 0 radical (unpaired) electrons. The third-order valence-corrected chi connectivity index (χ3v) is 2.43. The van der Waals surface area contributed by atoms with Crippen molar-refractivity contribution in [3.8, 4) is 0 Å². The van der Waals surface area contributed by atoms with Crippen LogP contribution in [0.4, 0.5) is 5.69 Å². The number of carbonyl (C=O) groups excluding carboxylic acids is 2. The lowest BCUT2D eigenvalue weighted by molar-refractivity contribution is -0.385. The number of rotatable bonds is 5. The summed E-state index contributed by atoms with van der Waals surface area (Å²) < 4.78 is 9.50. The van der Waals surface area contributed by atoms with Gasteiger partial charge in [0.15, 0.2) is 6.10 Å². The maximum atomic E-state index is 11.5. The zero-order chi connectivity index (χ0) is 15.3. The minimum Gasteiger partial charge on any atom is -0.466 e. The molecule has 0 saturated carbocycles. The fraction of sp³-hybridized carbons (Fsp3) is 0.231. The molecule has 0 spiro atoms. The molecule has 0 N–H and O–H groups in total. The van der Waals surface area contributed by atoms with Crippen molar-refractivity contribution in [2.75, 3.05) is 7.11 Å². The smallest absolute Gasteiger partial charge is 0.337 e. The summed E-state index contributed by atoms with van der Waals surface area (Å²) in [6.07, 6.45) is -1.13. The number of non-ortho nitro benzene ring substituents is 1. The summed E-state index contributed by atoms with van der Waals surface area (Å²) >= 11 is 0. The standard InChI is InChI=1S/C13H13NO6/c1-8(13(16)19-3)12(20-9(2)15)10-5-4-6-11(7-10)14(17)18/h4-7,12H,1H2,2-3H3. The van der Waals surface area contributed by atoms with Gasteiger partial charge in [0.05, 0.1) is 17.6 Å². The highest BCUT2D eigenvalue weighted by atomic mass is 16.6. The lowest BCUT2D eigenvalue weighted by Crippen LogP contribution is -2.17. The molecule has 1 rings (SSSR count). The summed E-state index contributed by atoms with van der Waals surface area (Å²) in [4.78, 5) is 32.7. The average molecular weight is 279 g/mol. The molecule has 0 heterocycles. The van der Waals surface area contributed by atoms with E-state index in [9.17, 15) is 19.7 Å². The Kier molecular flexibility index (Phi) is 4.96. The molecular formula is C13H13NO6. The lowest BCUT2D eigenvalue weighted by Gasteiger charge is -2.18. The molecule has 0 aliphatic rings. The molecule has 1 aromatic rings. The summed E-state index contributed by atoms with van der Waals surface area (Å²) in [5.41, 5.74) is -0.0367. The fourth-order valence-electron chi connectivity index (χ4n) is 1.55. The monoisotopic (exact) mass is 279 g/mol. The molecule has 106 valence electrons. The van der Waals surface area contributed by atoms with Crippen LogP contribution in [0.5, 0.6) is 0 Å². The molecule has 0 bridgehead atoms. The largest absolute Gasteiger partial charge is 0.466 e. The lowest BCUT2D eigenvalue weighted by atomic mass is 10.0. The van der Waals surface area contributed by atoms with E-state index in [1.54, 1.807) is 0 Å². The van der Waals surface area contributed by atoms with Crippen molar-refractivity contribution in [1.29, 1.82) is 0 Å². The Bertz CT molecular complexity index is 566. The Labute approximate surface area is 114 Å². The van der Waals surface area contributed by atoms with Gasteiger partial charge in [0.1, 0.15) is 0 Å². The van der Waals surface area contributed by atoms with Crippen LogP contribution in [-0.2, 0) is 19.1 Å². The summed E-state index contributed by atoms with van der Waals surface area (Å²) in [5, 5.41) is 10.7. The first kappa shape index (κ1) is 15.4. The fourth-order valence-corrected chi connectivity index (χ4v) is 1.55. The van der Waals surface area contributed by atoms with Gasteiger partial charge in [-0.3, -0.25) is 14.9 Å². The third kappa shape index (κ3) is 3.64. The second kappa shape index (κ2) is 6.46. The molecule has 0 fully saturated rings. The third-order valence-electron chi connectivity index (χ3n) is 2.43. The predicted molar refractivity (Wildman–Crippen MR) is 68.8 cm³/mol. The molecule has 0 saturated heterocycles. The number of nitro groups is 1. The Morgan fingerprint density at radius 2 is 2.05 bits per heavy atom. The van der Waals surface area contributed by atoms with Crippen LogP contribution in [-0.4, -0.2) is 24.0 Å². The highest BCUT2D eigenvalue weighted by Gasteiger charge is 2.25. The highest BCUT2D eigenvalue weighted by Crippen LogP contribution is 2.28. The van der Waals surface area contributed by atoms with Crippen LogP contribution in [0.3, 0.4) is 0 Å². The first-order valence-electron chi connectivity index (χ1n) is 5.55. The van der Waals surface area contributed by atoms with E-state index in [-0.39, 0.29) is 16.8 Å². The maximum Gasteiger partial charge on any atom is 0.337 e. The summed E-state index contributed by atoms with van der Waals surface area (Å²) in [5.74, 6) is -1.41. The van der Waals surface area contributed by atoms with E-state index in [2.05, 4.69) is 11.3 Å². The number of esters is 2. The number of ether oxygens (including phenoxy) is 2. The molecule has 1 aromatic carbocycles. The topological polar surface area (TPSA) is 95.7 Å². The zero-order valence-corrected chi connectivity index (χ0v) is 11.0. The second-order valence-corrected chi connectivity index (χ2v) is 3.86. The number of hydrogen-bond donors (Lipinski definition) is 0. The molecule has 0 amide bonds. The molecule has 0 aromatic heterocycles. The van der Waals surface area contributed by atoms with Gasteiger partial charge >= 0.3 is 11.9 Å². The summed E-state index contributed by atoms with van der Waals surface area (Å²) in [7, 11) is 1.16. The van der Waals surface area contributed by atoms with Crippen molar-refractivity contribution < 1.29 is 24.0 Å². The van der Waals surface area contributed by atoms with E-state index >= 15 is 0 Å². The van der Waals surface area contributed by atoms with Gasteiger partial charge in [0.25, 0.3) is 5.69 Å². The van der Waals surface area contributed by atoms with Gasteiger partial charge in [-0.2, -0.15) is 0 Å². The molecule has 1 atom stereocenters. The molecule has 20 heavy (non-hydrogen) atoms. The number of hydrogen-bond acceptors (Lipinski definition) is 6. The van der Waals surface area contributed by atoms with Crippen molar-refractivity contribution >= 4 is 17.6 Å². The van der Waals surface area contributed by atoms with Gasteiger partial charge in [-0.1, -0.05) is 18.7 Å². The highest BCUT2D eigenvalue weighted by molar-refractivity contribution is 5.89. The van der Waals surface area contributed by atoms with Gasteiger partial charge in [-0.05, 0) is 0 Å². The first-order chi connectivity index (χ1) is 9.36. The van der Waals surface area contributed by atoms with E-state index in [0.717, 1.165) is 14.0 Å². The molecule has 0 aliphatic heterocycles. The van der Waals surface area contributed by atoms with E-state index in [1.165, 1.54) is 24.3 Å². The minimum atomic E-state index is -1.13. The van der Waals surface area contributed by atoms with Crippen molar-refractivity contribution in [1.82, 2.24) is 0 Å². The van der Waals surface area contributed by atoms with Crippen LogP contribution in [0, 0.1) is 10.1 Å². The molecule has 1 unspecified atom stereocenters. The quantitative estimate of drug-likeness (QED) is 0.353. The van der Waals surface area contributed by atoms with Gasteiger partial charge in [-0.25, -0.2) is 4.79 Å². The number of methoxy groups -OCH3 is 1. The van der Waals surface area contributed by atoms with Crippen molar-refractivity contribution in [3.05, 3.63) is 52.1 Å². The molecule has 7 nitrogen and oxygen atoms in total. The van der Waals surface area contributed by atoms with Gasteiger partial charge < -0.3 is 9.47 Å². The second-order valence-electron chi connectivity index (χ2n) is 3.86. The number of nitrogens with zero attached hydrogens (tertiary/aromatic N) is 1. The predicted octanol–water partition coefficient (Wildman–Crippen LogP) is 1.93. The van der Waals surface area contributed by atoms with E-state index in [1.807, 2.05) is 0 Å². The van der Waals surface area contributed by atoms with Crippen LogP contribution < -0.4 is 0 Å². The van der Waals surface area contributed by atoms with E-state index in [4.69, 9.17) is 4.74 Å². The van der Waals surface area contributed by atoms with Crippen LogP contribution >= 0.6 is 0 Å². The number of benzene rings is 1. The summed E-state index contributed by atoms with van der Waals surface area (Å²) in [6.45, 7) is 4.67. The van der Waals surface area contributed by atoms with E-state index in [0.29, 0.717) is 0 Å². The van der Waals surface area contributed by atoms with Crippen LogP contribution in [0.25, 0.3) is 0 Å². The Morgan fingerprint density at radius 3 is 2.55 bits per heavy atom. The molecule has 0 aliphatic carbocycles. The van der Waals surface area contributed by atoms with Crippen molar-refractivity contribution in [2.45, 2.75) is 13.0 Å². The number of nitro benzene ring substituents is 1. The molecule has 7 heteroatoms. The van der Waals surface area contributed by atoms with Crippen molar-refractivity contribution in [3.63, 3.8) is 0 Å². The van der Waals surface area contributed by atoms with Crippen LogP contribution in [0.15, 0.2) is 36.4 Å². The van der Waals surface area contributed by atoms with Crippen molar-refractivity contribution in [2.24, 2.45) is 0 Å². The van der Waals surface area contributed by atoms with Crippen LogP contribution in [0.2, 0.25) is 0 Å². The SMILES string of the molecule is C=C(C(=O)OC)C(OC(C)=O)c1cccc([N+](=O)[O-])c1. The number of carbonyl (C=O) groups is 2. The maximum absolute atomic E-state index is 11.5. The van der Waals surface area contributed by atoms with Gasteiger partial charge in [-0.15, -0.1) is 0 Å². The van der Waals surface area contributed by atoms with Gasteiger partial charge in [0, 0.05) is 24.6 Å². The zero-order valence-electron chi connectivity index (χ0n) is 11.0. The minimum absolute atomic E-state index is 0.122. The average Bonchev–Trinajstić information content (AvgIpc) is 2.43. The van der Waals surface area contributed by atoms with Gasteiger partial charge in [0.2, 0.25) is 0 Å². The summed E-state index contributed by atoms with van der Waals surface area (Å²) in [6, 6.07) is 5.42. The van der Waals surface area contributed by atoms with E-state index < -0.39 is 23.0 Å². The Hall–Kier alpha value is -2.70. The normalized spacial score (nSPS) is 11.3. The molecular weight excluding hydrogens is 266 g/mol. The van der Waals surface area contributed by atoms with Crippen LogP contribution in [0.1, 0.15) is 18.6 Å². The first-order valence-corrected chi connectivity index (χ1v) is 5.55. The Morgan fingerprint density at radius 1 is 1.40 bits per heavy atom. The Balaban J connectivity index is 3.20.